The van der Waals surface area contributed by atoms with Crippen LogP contribution in [0.1, 0.15) is 36.3 Å². The molecule has 19 heavy (non-hydrogen) atoms. The quantitative estimate of drug-likeness (QED) is 0.858. The molecule has 0 spiro atoms. The molecule has 1 saturated heterocycles. The van der Waals surface area contributed by atoms with Gasteiger partial charge in [-0.3, -0.25) is 0 Å². The van der Waals surface area contributed by atoms with Gasteiger partial charge in [0.2, 0.25) is 0 Å². The van der Waals surface area contributed by atoms with E-state index in [1.807, 2.05) is 0 Å². The predicted octanol–water partition coefficient (Wildman–Crippen LogP) is 3.39. The Balaban J connectivity index is 2.01. The largest absolute Gasteiger partial charge is 0.490 e. The van der Waals surface area contributed by atoms with E-state index in [-0.39, 0.29) is 0 Å². The van der Waals surface area contributed by atoms with E-state index < -0.39 is 0 Å². The molecule has 0 radical (unpaired) electrons. The maximum atomic E-state index is 5.90. The fraction of sp³-hybridized carbons (Fsp3) is 0.600. The molecular formula is C15H20BrNO2. The first-order valence-electron chi connectivity index (χ1n) is 7.06. The van der Waals surface area contributed by atoms with Gasteiger partial charge in [0, 0.05) is 17.4 Å². The molecule has 0 aromatic heterocycles. The van der Waals surface area contributed by atoms with Gasteiger partial charge < -0.3 is 14.8 Å². The zero-order chi connectivity index (χ0) is 13.2. The first-order chi connectivity index (χ1) is 9.27. The minimum atomic E-state index is 0.570. The van der Waals surface area contributed by atoms with E-state index in [1.165, 1.54) is 24.0 Å². The SMILES string of the molecule is Cc1c2c(cc(Br)c1C1CCCNC1)OCCCO2. The van der Waals surface area contributed by atoms with Crippen molar-refractivity contribution in [2.45, 2.75) is 32.1 Å². The van der Waals surface area contributed by atoms with Crippen LogP contribution in [-0.4, -0.2) is 26.3 Å². The van der Waals surface area contributed by atoms with E-state index in [0.29, 0.717) is 5.92 Å². The second kappa shape index (κ2) is 5.71. The Morgan fingerprint density at radius 2 is 2.11 bits per heavy atom. The zero-order valence-corrected chi connectivity index (χ0v) is 12.9. The molecule has 4 heteroatoms. The van der Waals surface area contributed by atoms with E-state index in [0.717, 1.165) is 48.7 Å². The molecule has 2 aliphatic heterocycles. The van der Waals surface area contributed by atoms with Crippen LogP contribution in [0.4, 0.5) is 0 Å². The number of hydrogen-bond acceptors (Lipinski definition) is 3. The average molecular weight is 326 g/mol. The van der Waals surface area contributed by atoms with Crippen molar-refractivity contribution in [3.8, 4) is 11.5 Å². The summed E-state index contributed by atoms with van der Waals surface area (Å²) in [6, 6.07) is 2.08. The first-order valence-corrected chi connectivity index (χ1v) is 7.86. The lowest BCUT2D eigenvalue weighted by molar-refractivity contribution is 0.296. The first kappa shape index (κ1) is 13.3. The van der Waals surface area contributed by atoms with Crippen LogP contribution >= 0.6 is 15.9 Å². The summed E-state index contributed by atoms with van der Waals surface area (Å²) >= 11 is 3.72. The van der Waals surface area contributed by atoms with E-state index in [4.69, 9.17) is 9.47 Å². The third kappa shape index (κ3) is 2.61. The van der Waals surface area contributed by atoms with E-state index in [1.54, 1.807) is 0 Å². The second-order valence-corrected chi connectivity index (χ2v) is 6.17. The highest BCUT2D eigenvalue weighted by Crippen LogP contribution is 2.43. The summed E-state index contributed by atoms with van der Waals surface area (Å²) in [5.74, 6) is 2.40. The Morgan fingerprint density at radius 3 is 2.89 bits per heavy atom. The third-order valence-electron chi connectivity index (χ3n) is 3.98. The van der Waals surface area contributed by atoms with Crippen molar-refractivity contribution in [1.29, 1.82) is 0 Å². The summed E-state index contributed by atoms with van der Waals surface area (Å²) in [6.45, 7) is 5.83. The van der Waals surface area contributed by atoms with E-state index in [9.17, 15) is 0 Å². The lowest BCUT2D eigenvalue weighted by Crippen LogP contribution is -2.29. The molecule has 104 valence electrons. The Kier molecular flexibility index (Phi) is 3.99. The number of nitrogens with one attached hydrogen (secondary N) is 1. The molecule has 0 bridgehead atoms. The zero-order valence-electron chi connectivity index (χ0n) is 11.3. The molecule has 1 N–H and O–H groups in total. The number of hydrogen-bond donors (Lipinski definition) is 1. The number of fused-ring (bicyclic) bond motifs is 1. The summed E-state index contributed by atoms with van der Waals surface area (Å²) < 4.78 is 12.8. The van der Waals surface area contributed by atoms with Crippen molar-refractivity contribution in [1.82, 2.24) is 5.32 Å². The number of piperidine rings is 1. The van der Waals surface area contributed by atoms with Gasteiger partial charge in [-0.15, -0.1) is 0 Å². The van der Waals surface area contributed by atoms with Gasteiger partial charge >= 0.3 is 0 Å². The Hall–Kier alpha value is -0.740. The van der Waals surface area contributed by atoms with Crippen molar-refractivity contribution in [2.75, 3.05) is 26.3 Å². The van der Waals surface area contributed by atoms with Crippen molar-refractivity contribution >= 4 is 15.9 Å². The molecule has 0 amide bonds. The summed E-state index contributed by atoms with van der Waals surface area (Å²) in [7, 11) is 0. The fourth-order valence-electron chi connectivity index (χ4n) is 3.05. The van der Waals surface area contributed by atoms with Crippen molar-refractivity contribution in [3.05, 3.63) is 21.7 Å². The average Bonchev–Trinajstić information content (AvgIpc) is 2.65. The van der Waals surface area contributed by atoms with Crippen molar-refractivity contribution in [2.24, 2.45) is 0 Å². The molecular weight excluding hydrogens is 306 g/mol. The molecule has 1 aromatic rings. The molecule has 1 atom stereocenters. The van der Waals surface area contributed by atoms with Crippen molar-refractivity contribution in [3.63, 3.8) is 0 Å². The predicted molar refractivity (Wildman–Crippen MR) is 79.3 cm³/mol. The number of rotatable bonds is 1. The van der Waals surface area contributed by atoms with Gasteiger partial charge in [-0.25, -0.2) is 0 Å². The number of benzene rings is 1. The lowest BCUT2D eigenvalue weighted by atomic mass is 9.88. The second-order valence-electron chi connectivity index (χ2n) is 5.32. The Labute approximate surface area is 122 Å². The van der Waals surface area contributed by atoms with Gasteiger partial charge in [-0.1, -0.05) is 15.9 Å². The Morgan fingerprint density at radius 1 is 1.26 bits per heavy atom. The molecule has 2 heterocycles. The molecule has 1 aromatic carbocycles. The van der Waals surface area contributed by atoms with Crippen LogP contribution < -0.4 is 14.8 Å². The maximum absolute atomic E-state index is 5.90. The minimum absolute atomic E-state index is 0.570. The molecule has 1 unspecified atom stereocenters. The maximum Gasteiger partial charge on any atom is 0.164 e. The summed E-state index contributed by atoms with van der Waals surface area (Å²) in [4.78, 5) is 0. The molecule has 0 aliphatic carbocycles. The Bertz CT molecular complexity index is 470. The highest BCUT2D eigenvalue weighted by molar-refractivity contribution is 9.10. The molecule has 3 nitrogen and oxygen atoms in total. The fourth-order valence-corrected chi connectivity index (χ4v) is 3.87. The highest BCUT2D eigenvalue weighted by Gasteiger charge is 2.25. The van der Waals surface area contributed by atoms with Gasteiger partial charge in [0.05, 0.1) is 13.2 Å². The highest BCUT2D eigenvalue weighted by atomic mass is 79.9. The van der Waals surface area contributed by atoms with Crippen molar-refractivity contribution < 1.29 is 9.47 Å². The standard InChI is InChI=1S/C15H20BrNO2/c1-10-14(11-4-2-5-17-9-11)12(16)8-13-15(10)19-7-3-6-18-13/h8,11,17H,2-7,9H2,1H3. The molecule has 0 saturated carbocycles. The van der Waals surface area contributed by atoms with Crippen LogP contribution in [-0.2, 0) is 0 Å². The van der Waals surface area contributed by atoms with Gasteiger partial charge in [0.15, 0.2) is 11.5 Å². The van der Waals surface area contributed by atoms with Crippen LogP contribution in [0.25, 0.3) is 0 Å². The van der Waals surface area contributed by atoms with Gasteiger partial charge in [0.25, 0.3) is 0 Å². The van der Waals surface area contributed by atoms with Crippen LogP contribution in [0, 0.1) is 6.92 Å². The lowest BCUT2D eigenvalue weighted by Gasteiger charge is -2.27. The molecule has 3 rings (SSSR count). The van der Waals surface area contributed by atoms with Crippen LogP contribution in [0.5, 0.6) is 11.5 Å². The summed E-state index contributed by atoms with van der Waals surface area (Å²) in [5, 5.41) is 3.49. The normalized spacial score (nSPS) is 22.9. The monoisotopic (exact) mass is 325 g/mol. The van der Waals surface area contributed by atoms with Crippen LogP contribution in [0.3, 0.4) is 0 Å². The number of ether oxygens (including phenoxy) is 2. The smallest absolute Gasteiger partial charge is 0.164 e. The number of halogens is 1. The van der Waals surface area contributed by atoms with E-state index in [2.05, 4.69) is 34.2 Å². The van der Waals surface area contributed by atoms with Gasteiger partial charge in [-0.2, -0.15) is 0 Å². The van der Waals surface area contributed by atoms with Crippen LogP contribution in [0.15, 0.2) is 10.5 Å². The molecule has 2 aliphatic rings. The van der Waals surface area contributed by atoms with Crippen LogP contribution in [0.2, 0.25) is 0 Å². The van der Waals surface area contributed by atoms with E-state index >= 15 is 0 Å². The topological polar surface area (TPSA) is 30.5 Å². The third-order valence-corrected chi connectivity index (χ3v) is 4.64. The molecule has 1 fully saturated rings. The minimum Gasteiger partial charge on any atom is -0.490 e. The summed E-state index contributed by atoms with van der Waals surface area (Å²) in [5.41, 5.74) is 2.62. The summed E-state index contributed by atoms with van der Waals surface area (Å²) in [6.07, 6.45) is 3.43. The van der Waals surface area contributed by atoms with Gasteiger partial charge in [0.1, 0.15) is 0 Å². The van der Waals surface area contributed by atoms with Gasteiger partial charge in [-0.05, 0) is 49.4 Å².